The molecule has 0 spiro atoms. The number of carbonyl (C=O) groups is 1. The van der Waals surface area contributed by atoms with Gasteiger partial charge in [-0.05, 0) is 77.9 Å². The fourth-order valence-corrected chi connectivity index (χ4v) is 6.63. The first-order chi connectivity index (χ1) is 17.9. The number of fused-ring (bicyclic) bond motifs is 2. The third-order valence-electron chi connectivity index (χ3n) is 6.82. The van der Waals surface area contributed by atoms with Crippen molar-refractivity contribution in [1.82, 2.24) is 14.8 Å². The van der Waals surface area contributed by atoms with Crippen molar-refractivity contribution in [2.45, 2.75) is 30.2 Å². The molecule has 190 valence electrons. The van der Waals surface area contributed by atoms with Crippen LogP contribution in [0, 0.1) is 0 Å². The van der Waals surface area contributed by atoms with E-state index in [9.17, 15) is 18.3 Å². The molecule has 37 heavy (non-hydrogen) atoms. The molecule has 1 aromatic heterocycles. The number of aromatic hydroxyl groups is 1. The number of aromatic nitrogens is 1. The molecule has 9 heteroatoms. The van der Waals surface area contributed by atoms with E-state index in [2.05, 4.69) is 4.98 Å². The smallest absolute Gasteiger partial charge is 0.267 e. The fraction of sp³-hybridized carbons (Fsp3) is 0.179. The van der Waals surface area contributed by atoms with Gasteiger partial charge in [0.05, 0.1) is 10.9 Å². The number of hydroxylamine groups is 1. The van der Waals surface area contributed by atoms with Crippen LogP contribution in [0.15, 0.2) is 83.9 Å². The number of rotatable bonds is 8. The second kappa shape index (κ2) is 10.2. The van der Waals surface area contributed by atoms with Gasteiger partial charge >= 0.3 is 0 Å². The molecule has 0 saturated heterocycles. The molecule has 1 heterocycles. The molecule has 5 rings (SSSR count). The lowest BCUT2D eigenvalue weighted by Gasteiger charge is -2.29. The van der Waals surface area contributed by atoms with Gasteiger partial charge in [0, 0.05) is 29.7 Å². The molecule has 1 aliphatic rings. The second-order valence-electron chi connectivity index (χ2n) is 9.04. The predicted octanol–water partition coefficient (Wildman–Crippen LogP) is 4.31. The average molecular weight is 518 g/mol. The van der Waals surface area contributed by atoms with Crippen molar-refractivity contribution in [1.29, 1.82) is 0 Å². The van der Waals surface area contributed by atoms with E-state index in [4.69, 9.17) is 5.21 Å². The Bertz CT molecular complexity index is 1580. The molecule has 0 radical (unpaired) electrons. The first-order valence-corrected chi connectivity index (χ1v) is 13.4. The van der Waals surface area contributed by atoms with Crippen molar-refractivity contribution in [2.75, 3.05) is 6.54 Å². The number of hydrogen-bond acceptors (Lipinski definition) is 5. The van der Waals surface area contributed by atoms with Gasteiger partial charge in [0.1, 0.15) is 5.75 Å². The number of aromatic amines is 1. The number of hydrogen-bond donors (Lipinski definition) is 4. The van der Waals surface area contributed by atoms with Crippen LogP contribution in [0.25, 0.3) is 17.0 Å². The van der Waals surface area contributed by atoms with Gasteiger partial charge in [0.2, 0.25) is 10.0 Å². The largest absolute Gasteiger partial charge is 0.508 e. The van der Waals surface area contributed by atoms with E-state index >= 15 is 0 Å². The van der Waals surface area contributed by atoms with Crippen LogP contribution in [0.2, 0.25) is 0 Å². The number of nitrogens with zero attached hydrogens (tertiary/aromatic N) is 1. The zero-order chi connectivity index (χ0) is 26.0. The average Bonchev–Trinajstić information content (AvgIpc) is 3.51. The Labute approximate surface area is 214 Å². The minimum Gasteiger partial charge on any atom is -0.508 e. The summed E-state index contributed by atoms with van der Waals surface area (Å²) in [4.78, 5) is 14.7. The molecule has 0 aliphatic heterocycles. The number of amides is 1. The summed E-state index contributed by atoms with van der Waals surface area (Å²) in [6, 6.07) is 18.9. The second-order valence-corrected chi connectivity index (χ2v) is 10.9. The molecule has 1 atom stereocenters. The summed E-state index contributed by atoms with van der Waals surface area (Å²) in [5, 5.41) is 19.5. The molecule has 0 bridgehead atoms. The van der Waals surface area contributed by atoms with Gasteiger partial charge in [-0.2, -0.15) is 4.31 Å². The zero-order valence-electron chi connectivity index (χ0n) is 20.0. The van der Waals surface area contributed by atoms with E-state index in [1.54, 1.807) is 15.9 Å². The highest BCUT2D eigenvalue weighted by Crippen LogP contribution is 2.39. The fourth-order valence-electron chi connectivity index (χ4n) is 4.99. The number of H-pyrrole nitrogens is 1. The number of benzene rings is 3. The van der Waals surface area contributed by atoms with E-state index in [1.807, 2.05) is 48.7 Å². The van der Waals surface area contributed by atoms with Gasteiger partial charge in [0.15, 0.2) is 0 Å². The number of para-hydroxylation sites is 1. The first-order valence-electron chi connectivity index (χ1n) is 12.0. The number of sulfonamides is 1. The topological polar surface area (TPSA) is 123 Å². The van der Waals surface area contributed by atoms with Crippen molar-refractivity contribution in [3.63, 3.8) is 0 Å². The number of carbonyl (C=O) groups excluding carboxylic acids is 1. The molecule has 0 fully saturated rings. The molecular formula is C28H27N3O5S. The standard InChI is InChI=1S/C28H27N3O5S/c32-22-8-10-23(11-9-22)37(35,36)31(16-15-21-18-29-26-4-2-1-3-24(21)26)27-13-7-20-17-19(5-12-25(20)27)6-14-28(33)30-34/h1-6,8-12,14,17-18,27,29,32,34H,7,13,15-16H2,(H,30,33). The van der Waals surface area contributed by atoms with Crippen molar-refractivity contribution in [3.05, 3.63) is 101 Å². The highest BCUT2D eigenvalue weighted by atomic mass is 32.2. The highest BCUT2D eigenvalue weighted by Gasteiger charge is 2.36. The SMILES string of the molecule is O=C(C=Cc1ccc2c(c1)CCC2N(CCc1c[nH]c2ccccc12)S(=O)(=O)c1ccc(O)cc1)NO. The lowest BCUT2D eigenvalue weighted by Crippen LogP contribution is -2.35. The highest BCUT2D eigenvalue weighted by molar-refractivity contribution is 7.89. The first kappa shape index (κ1) is 24.8. The van der Waals surface area contributed by atoms with Crippen LogP contribution in [0.4, 0.5) is 0 Å². The van der Waals surface area contributed by atoms with Gasteiger partial charge in [-0.25, -0.2) is 13.9 Å². The van der Waals surface area contributed by atoms with Crippen molar-refractivity contribution >= 4 is 32.9 Å². The molecule has 4 aromatic rings. The third kappa shape index (κ3) is 5.01. The molecule has 1 unspecified atom stereocenters. The number of phenols is 1. The summed E-state index contributed by atoms with van der Waals surface area (Å²) in [6.07, 6.45) is 6.62. The van der Waals surface area contributed by atoms with Crippen molar-refractivity contribution in [2.24, 2.45) is 0 Å². The zero-order valence-corrected chi connectivity index (χ0v) is 20.8. The molecule has 1 aliphatic carbocycles. The normalized spacial score (nSPS) is 15.5. The van der Waals surface area contributed by atoms with Gasteiger partial charge in [-0.1, -0.05) is 36.4 Å². The summed E-state index contributed by atoms with van der Waals surface area (Å²) in [6.45, 7) is 0.285. The summed E-state index contributed by atoms with van der Waals surface area (Å²) in [5.74, 6) is -0.618. The van der Waals surface area contributed by atoms with E-state index < -0.39 is 15.9 Å². The van der Waals surface area contributed by atoms with Crippen LogP contribution in [0.3, 0.4) is 0 Å². The lowest BCUT2D eigenvalue weighted by atomic mass is 10.0. The Morgan fingerprint density at radius 2 is 1.89 bits per heavy atom. The van der Waals surface area contributed by atoms with Crippen molar-refractivity contribution in [3.8, 4) is 5.75 Å². The number of phenolic OH excluding ortho intramolecular Hbond substituents is 1. The van der Waals surface area contributed by atoms with Gasteiger partial charge in [0.25, 0.3) is 5.91 Å². The Hall–Kier alpha value is -3.92. The summed E-state index contributed by atoms with van der Waals surface area (Å²) in [5.41, 5.74) is 6.36. The predicted molar refractivity (Wildman–Crippen MR) is 140 cm³/mol. The maximum Gasteiger partial charge on any atom is 0.267 e. The van der Waals surface area contributed by atoms with Crippen molar-refractivity contribution < 1.29 is 23.5 Å². The van der Waals surface area contributed by atoms with Crippen LogP contribution in [0.5, 0.6) is 5.75 Å². The van der Waals surface area contributed by atoms with Crippen LogP contribution < -0.4 is 5.48 Å². The summed E-state index contributed by atoms with van der Waals surface area (Å²) < 4.78 is 29.4. The van der Waals surface area contributed by atoms with Gasteiger partial charge in [-0.15, -0.1) is 0 Å². The molecular weight excluding hydrogens is 490 g/mol. The maximum absolute atomic E-state index is 13.9. The quantitative estimate of drug-likeness (QED) is 0.158. The van der Waals surface area contributed by atoms with E-state index in [-0.39, 0.29) is 23.2 Å². The number of nitrogens with one attached hydrogen (secondary N) is 2. The Balaban J connectivity index is 1.49. The lowest BCUT2D eigenvalue weighted by molar-refractivity contribution is -0.124. The van der Waals surface area contributed by atoms with E-state index in [1.165, 1.54) is 30.3 Å². The van der Waals surface area contributed by atoms with E-state index in [0.29, 0.717) is 19.3 Å². The Kier molecular flexibility index (Phi) is 6.84. The minimum absolute atomic E-state index is 0.00553. The molecule has 3 aromatic carbocycles. The maximum atomic E-state index is 13.9. The Morgan fingerprint density at radius 3 is 2.68 bits per heavy atom. The van der Waals surface area contributed by atoms with Crippen LogP contribution >= 0.6 is 0 Å². The monoisotopic (exact) mass is 517 g/mol. The minimum atomic E-state index is -3.87. The van der Waals surface area contributed by atoms with E-state index in [0.717, 1.165) is 33.2 Å². The molecule has 4 N–H and O–H groups in total. The van der Waals surface area contributed by atoms with Crippen LogP contribution in [-0.4, -0.2) is 40.5 Å². The van der Waals surface area contributed by atoms with Crippen LogP contribution in [-0.2, 0) is 27.7 Å². The Morgan fingerprint density at radius 1 is 1.11 bits per heavy atom. The van der Waals surface area contributed by atoms with Gasteiger partial charge < -0.3 is 10.1 Å². The van der Waals surface area contributed by atoms with Gasteiger partial charge in [-0.3, -0.25) is 10.0 Å². The summed E-state index contributed by atoms with van der Waals surface area (Å²) >= 11 is 0. The summed E-state index contributed by atoms with van der Waals surface area (Å²) in [7, 11) is -3.87. The third-order valence-corrected chi connectivity index (χ3v) is 8.74. The number of aryl methyl sites for hydroxylation is 1. The molecule has 0 saturated carbocycles. The van der Waals surface area contributed by atoms with Crippen LogP contribution in [0.1, 0.15) is 34.7 Å². The molecule has 1 amide bonds. The molecule has 8 nitrogen and oxygen atoms in total.